The molecule has 0 aromatic heterocycles. The first kappa shape index (κ1) is 17.4. The zero-order valence-electron chi connectivity index (χ0n) is 15.0. The van der Waals surface area contributed by atoms with Crippen molar-refractivity contribution >= 4 is 5.91 Å². The fourth-order valence-electron chi connectivity index (χ4n) is 3.87. The van der Waals surface area contributed by atoms with Crippen molar-refractivity contribution in [3.63, 3.8) is 0 Å². The van der Waals surface area contributed by atoms with Crippen LogP contribution in [0.1, 0.15) is 37.7 Å². The maximum absolute atomic E-state index is 12.4. The second kappa shape index (κ2) is 8.63. The van der Waals surface area contributed by atoms with Crippen LogP contribution in [0.15, 0.2) is 30.3 Å². The predicted molar refractivity (Wildman–Crippen MR) is 98.2 cm³/mol. The molecule has 132 valence electrons. The Labute approximate surface area is 146 Å². The minimum atomic E-state index is 0.337. The Balaban J connectivity index is 1.47. The van der Waals surface area contributed by atoms with Crippen LogP contribution in [0.4, 0.5) is 0 Å². The van der Waals surface area contributed by atoms with Crippen molar-refractivity contribution in [2.75, 3.05) is 52.4 Å². The number of nitrogens with zero attached hydrogens (tertiary/aromatic N) is 3. The number of amides is 1. The summed E-state index contributed by atoms with van der Waals surface area (Å²) in [7, 11) is 0. The Morgan fingerprint density at radius 1 is 0.917 bits per heavy atom. The first-order valence-electron chi connectivity index (χ1n) is 9.50. The number of carbonyl (C=O) groups is 1. The molecule has 2 heterocycles. The van der Waals surface area contributed by atoms with Gasteiger partial charge in [0.1, 0.15) is 0 Å². The Morgan fingerprint density at radius 3 is 2.42 bits per heavy atom. The maximum Gasteiger partial charge on any atom is 0.223 e. The summed E-state index contributed by atoms with van der Waals surface area (Å²) in [4.78, 5) is 19.4. The van der Waals surface area contributed by atoms with Gasteiger partial charge in [-0.1, -0.05) is 37.3 Å². The van der Waals surface area contributed by atoms with Gasteiger partial charge in [-0.25, -0.2) is 0 Å². The molecule has 0 radical (unpaired) electrons. The van der Waals surface area contributed by atoms with Gasteiger partial charge in [0.2, 0.25) is 5.91 Å². The van der Waals surface area contributed by atoms with Crippen LogP contribution in [0.5, 0.6) is 0 Å². The summed E-state index contributed by atoms with van der Waals surface area (Å²) in [5.41, 5.74) is 1.39. The molecular weight excluding hydrogens is 298 g/mol. The summed E-state index contributed by atoms with van der Waals surface area (Å²) in [6, 6.07) is 10.7. The standard InChI is InChI=1S/C20H31N3O/c1-18(19-7-3-2-4-8-19)17-22-12-9-20(24)23(16-14-22)15-13-21-10-5-6-11-21/h2-4,7-8,18H,5-6,9-17H2,1H3/t18-/m0/s1. The van der Waals surface area contributed by atoms with E-state index in [1.165, 1.54) is 31.5 Å². The van der Waals surface area contributed by atoms with E-state index in [4.69, 9.17) is 0 Å². The van der Waals surface area contributed by atoms with E-state index in [9.17, 15) is 4.79 Å². The average molecular weight is 329 g/mol. The lowest BCUT2D eigenvalue weighted by Gasteiger charge is -2.26. The molecule has 2 saturated heterocycles. The summed E-state index contributed by atoms with van der Waals surface area (Å²) < 4.78 is 0. The first-order valence-corrected chi connectivity index (χ1v) is 9.50. The molecule has 4 nitrogen and oxygen atoms in total. The summed E-state index contributed by atoms with van der Waals surface area (Å²) in [6.45, 7) is 10.5. The lowest BCUT2D eigenvalue weighted by atomic mass is 10.0. The van der Waals surface area contributed by atoms with Gasteiger partial charge in [-0.3, -0.25) is 4.79 Å². The first-order chi connectivity index (χ1) is 11.7. The molecule has 0 aliphatic carbocycles. The van der Waals surface area contributed by atoms with Gasteiger partial charge in [0.25, 0.3) is 0 Å². The predicted octanol–water partition coefficient (Wildman–Crippen LogP) is 2.42. The number of benzene rings is 1. The van der Waals surface area contributed by atoms with Gasteiger partial charge in [0.15, 0.2) is 0 Å². The van der Waals surface area contributed by atoms with Crippen molar-refractivity contribution < 1.29 is 4.79 Å². The number of carbonyl (C=O) groups excluding carboxylic acids is 1. The average Bonchev–Trinajstić information content (AvgIpc) is 3.07. The molecule has 0 spiro atoms. The quantitative estimate of drug-likeness (QED) is 0.802. The summed E-state index contributed by atoms with van der Waals surface area (Å²) in [5.74, 6) is 0.849. The van der Waals surface area contributed by atoms with Crippen LogP contribution < -0.4 is 0 Å². The van der Waals surface area contributed by atoms with E-state index in [-0.39, 0.29) is 0 Å². The van der Waals surface area contributed by atoms with Crippen molar-refractivity contribution in [3.8, 4) is 0 Å². The Morgan fingerprint density at radius 2 is 1.67 bits per heavy atom. The summed E-state index contributed by atoms with van der Waals surface area (Å²) in [5, 5.41) is 0. The SMILES string of the molecule is C[C@@H](CN1CCC(=O)N(CCN2CCCC2)CC1)c1ccccc1. The highest BCUT2D eigenvalue weighted by Gasteiger charge is 2.23. The van der Waals surface area contributed by atoms with Crippen molar-refractivity contribution in [2.45, 2.75) is 32.1 Å². The Hall–Kier alpha value is -1.39. The molecule has 0 bridgehead atoms. The normalized spacial score (nSPS) is 21.9. The third-order valence-corrected chi connectivity index (χ3v) is 5.47. The van der Waals surface area contributed by atoms with E-state index in [0.29, 0.717) is 18.2 Å². The lowest BCUT2D eigenvalue weighted by molar-refractivity contribution is -0.130. The largest absolute Gasteiger partial charge is 0.340 e. The van der Waals surface area contributed by atoms with Crippen molar-refractivity contribution in [3.05, 3.63) is 35.9 Å². The molecular formula is C20H31N3O. The Bertz CT molecular complexity index is 513. The molecule has 1 amide bonds. The van der Waals surface area contributed by atoms with Gasteiger partial charge < -0.3 is 14.7 Å². The molecule has 3 rings (SSSR count). The van der Waals surface area contributed by atoms with E-state index in [1.807, 2.05) is 0 Å². The number of likely N-dealkylation sites (tertiary alicyclic amines) is 1. The maximum atomic E-state index is 12.4. The van der Waals surface area contributed by atoms with Gasteiger partial charge >= 0.3 is 0 Å². The van der Waals surface area contributed by atoms with Crippen LogP contribution in [0.2, 0.25) is 0 Å². The highest BCUT2D eigenvalue weighted by atomic mass is 16.2. The zero-order valence-corrected chi connectivity index (χ0v) is 15.0. The van der Waals surface area contributed by atoms with Gasteiger partial charge in [0, 0.05) is 45.7 Å². The van der Waals surface area contributed by atoms with Crippen LogP contribution in [0.3, 0.4) is 0 Å². The van der Waals surface area contributed by atoms with Crippen molar-refractivity contribution in [1.82, 2.24) is 14.7 Å². The minimum absolute atomic E-state index is 0.337. The molecule has 2 aliphatic rings. The van der Waals surface area contributed by atoms with Crippen molar-refractivity contribution in [1.29, 1.82) is 0 Å². The molecule has 1 atom stereocenters. The highest BCUT2D eigenvalue weighted by Crippen LogP contribution is 2.17. The monoisotopic (exact) mass is 329 g/mol. The van der Waals surface area contributed by atoms with Gasteiger partial charge in [-0.2, -0.15) is 0 Å². The topological polar surface area (TPSA) is 26.8 Å². The van der Waals surface area contributed by atoms with Crippen LogP contribution in [-0.2, 0) is 4.79 Å². The van der Waals surface area contributed by atoms with E-state index in [1.54, 1.807) is 0 Å². The lowest BCUT2D eigenvalue weighted by Crippen LogP contribution is -2.39. The van der Waals surface area contributed by atoms with Gasteiger partial charge in [0.05, 0.1) is 0 Å². The summed E-state index contributed by atoms with van der Waals surface area (Å²) in [6.07, 6.45) is 3.31. The molecule has 1 aromatic carbocycles. The highest BCUT2D eigenvalue weighted by molar-refractivity contribution is 5.76. The fraction of sp³-hybridized carbons (Fsp3) is 0.650. The zero-order chi connectivity index (χ0) is 16.8. The van der Waals surface area contributed by atoms with E-state index < -0.39 is 0 Å². The summed E-state index contributed by atoms with van der Waals surface area (Å²) >= 11 is 0. The van der Waals surface area contributed by atoms with E-state index in [2.05, 4.69) is 52.0 Å². The molecule has 1 aromatic rings. The van der Waals surface area contributed by atoms with E-state index >= 15 is 0 Å². The second-order valence-corrected chi connectivity index (χ2v) is 7.29. The number of hydrogen-bond acceptors (Lipinski definition) is 3. The molecule has 4 heteroatoms. The third kappa shape index (κ3) is 4.81. The second-order valence-electron chi connectivity index (χ2n) is 7.29. The van der Waals surface area contributed by atoms with Crippen LogP contribution >= 0.6 is 0 Å². The third-order valence-electron chi connectivity index (χ3n) is 5.47. The minimum Gasteiger partial charge on any atom is -0.340 e. The molecule has 2 aliphatic heterocycles. The fourth-order valence-corrected chi connectivity index (χ4v) is 3.87. The molecule has 0 saturated carbocycles. The van der Waals surface area contributed by atoms with E-state index in [0.717, 1.165) is 39.3 Å². The Kier molecular flexibility index (Phi) is 6.27. The van der Waals surface area contributed by atoms with Crippen molar-refractivity contribution in [2.24, 2.45) is 0 Å². The van der Waals surface area contributed by atoms with Crippen LogP contribution in [-0.4, -0.2) is 73.0 Å². The number of hydrogen-bond donors (Lipinski definition) is 0. The van der Waals surface area contributed by atoms with Gasteiger partial charge in [-0.05, 0) is 37.4 Å². The molecule has 24 heavy (non-hydrogen) atoms. The van der Waals surface area contributed by atoms with Crippen LogP contribution in [0, 0.1) is 0 Å². The van der Waals surface area contributed by atoms with Crippen LogP contribution in [0.25, 0.3) is 0 Å². The molecule has 2 fully saturated rings. The smallest absolute Gasteiger partial charge is 0.223 e. The van der Waals surface area contributed by atoms with Gasteiger partial charge in [-0.15, -0.1) is 0 Å². The molecule has 0 unspecified atom stereocenters. The number of rotatable bonds is 6. The molecule has 0 N–H and O–H groups in total.